The third kappa shape index (κ3) is 3.16. The summed E-state index contributed by atoms with van der Waals surface area (Å²) in [5.41, 5.74) is 1.34. The van der Waals surface area contributed by atoms with E-state index in [1.807, 2.05) is 0 Å². The van der Waals surface area contributed by atoms with Crippen LogP contribution in [-0.2, 0) is 26.0 Å². The minimum atomic E-state index is -4.29. The SMILES string of the molecule is O=C1CCc2cc(S(=O)(=O)N3CCNC(=O)C3c3ccccc3)c(F)cc2N1. The molecule has 9 heteroatoms. The molecule has 0 spiro atoms. The zero-order chi connectivity index (χ0) is 19.9. The van der Waals surface area contributed by atoms with Crippen LogP contribution in [0.15, 0.2) is 47.4 Å². The van der Waals surface area contributed by atoms with Crippen molar-refractivity contribution in [3.05, 3.63) is 59.4 Å². The van der Waals surface area contributed by atoms with Gasteiger partial charge in [0.15, 0.2) is 0 Å². The first-order valence-electron chi connectivity index (χ1n) is 8.85. The second-order valence-electron chi connectivity index (χ2n) is 6.71. The molecule has 2 aliphatic heterocycles. The van der Waals surface area contributed by atoms with E-state index in [0.717, 1.165) is 10.4 Å². The van der Waals surface area contributed by atoms with Crippen LogP contribution in [0, 0.1) is 5.82 Å². The molecule has 4 rings (SSSR count). The Morgan fingerprint density at radius 1 is 1.07 bits per heavy atom. The summed E-state index contributed by atoms with van der Waals surface area (Å²) >= 11 is 0. The zero-order valence-electron chi connectivity index (χ0n) is 14.8. The van der Waals surface area contributed by atoms with Crippen molar-refractivity contribution in [2.75, 3.05) is 18.4 Å². The number of rotatable bonds is 3. The lowest BCUT2D eigenvalue weighted by atomic mass is 10.0. The van der Waals surface area contributed by atoms with Gasteiger partial charge in [0.1, 0.15) is 16.8 Å². The fourth-order valence-electron chi connectivity index (χ4n) is 3.56. The lowest BCUT2D eigenvalue weighted by molar-refractivity contribution is -0.127. The molecule has 0 saturated carbocycles. The van der Waals surface area contributed by atoms with Gasteiger partial charge in [0, 0.05) is 25.2 Å². The Morgan fingerprint density at radius 2 is 1.82 bits per heavy atom. The maximum absolute atomic E-state index is 14.7. The Balaban J connectivity index is 1.79. The van der Waals surface area contributed by atoms with Crippen molar-refractivity contribution in [2.45, 2.75) is 23.8 Å². The molecule has 2 heterocycles. The molecule has 2 aromatic rings. The highest BCUT2D eigenvalue weighted by molar-refractivity contribution is 7.89. The summed E-state index contributed by atoms with van der Waals surface area (Å²) in [6.45, 7) is 0.172. The normalized spacial score (nSPS) is 20.2. The van der Waals surface area contributed by atoms with E-state index in [1.54, 1.807) is 30.3 Å². The summed E-state index contributed by atoms with van der Waals surface area (Å²) in [5.74, 6) is -1.65. The van der Waals surface area contributed by atoms with Gasteiger partial charge in [-0.1, -0.05) is 30.3 Å². The molecule has 2 N–H and O–H groups in total. The Kier molecular flexibility index (Phi) is 4.64. The van der Waals surface area contributed by atoms with Gasteiger partial charge < -0.3 is 10.6 Å². The number of aryl methyl sites for hydroxylation is 1. The molecule has 0 aliphatic carbocycles. The second kappa shape index (κ2) is 6.99. The molecule has 1 atom stereocenters. The van der Waals surface area contributed by atoms with Crippen LogP contribution in [0.4, 0.5) is 10.1 Å². The summed E-state index contributed by atoms with van der Waals surface area (Å²) < 4.78 is 42.4. The third-order valence-corrected chi connectivity index (χ3v) is 6.80. The molecule has 1 unspecified atom stereocenters. The van der Waals surface area contributed by atoms with Crippen molar-refractivity contribution in [3.8, 4) is 0 Å². The lowest BCUT2D eigenvalue weighted by Gasteiger charge is -2.34. The van der Waals surface area contributed by atoms with Crippen LogP contribution in [0.5, 0.6) is 0 Å². The van der Waals surface area contributed by atoms with E-state index in [1.165, 1.54) is 6.07 Å². The minimum Gasteiger partial charge on any atom is -0.353 e. The van der Waals surface area contributed by atoms with Crippen molar-refractivity contribution in [1.29, 1.82) is 0 Å². The molecule has 0 aromatic heterocycles. The highest BCUT2D eigenvalue weighted by Crippen LogP contribution is 2.34. The van der Waals surface area contributed by atoms with Crippen molar-refractivity contribution >= 4 is 27.5 Å². The first-order chi connectivity index (χ1) is 13.4. The quantitative estimate of drug-likeness (QED) is 0.813. The fourth-order valence-corrected chi connectivity index (χ4v) is 5.24. The Labute approximate surface area is 161 Å². The second-order valence-corrected chi connectivity index (χ2v) is 8.57. The molecule has 146 valence electrons. The number of hydrogen-bond donors (Lipinski definition) is 2. The smallest absolute Gasteiger partial charge is 0.247 e. The van der Waals surface area contributed by atoms with Gasteiger partial charge in [-0.3, -0.25) is 9.59 Å². The van der Waals surface area contributed by atoms with Gasteiger partial charge in [-0.05, 0) is 29.7 Å². The van der Waals surface area contributed by atoms with Crippen molar-refractivity contribution in [3.63, 3.8) is 0 Å². The van der Waals surface area contributed by atoms with E-state index in [9.17, 15) is 22.4 Å². The van der Waals surface area contributed by atoms with Gasteiger partial charge in [-0.15, -0.1) is 0 Å². The molecule has 0 radical (unpaired) electrons. The number of benzene rings is 2. The number of nitrogens with one attached hydrogen (secondary N) is 2. The van der Waals surface area contributed by atoms with Crippen LogP contribution in [-0.4, -0.2) is 37.6 Å². The fraction of sp³-hybridized carbons (Fsp3) is 0.263. The number of anilines is 1. The van der Waals surface area contributed by atoms with Crippen LogP contribution >= 0.6 is 0 Å². The van der Waals surface area contributed by atoms with Crippen molar-refractivity contribution in [1.82, 2.24) is 9.62 Å². The first-order valence-corrected chi connectivity index (χ1v) is 10.3. The topological polar surface area (TPSA) is 95.6 Å². The summed E-state index contributed by atoms with van der Waals surface area (Å²) in [6.07, 6.45) is 0.531. The molecule has 0 bridgehead atoms. The molecular formula is C19H18FN3O4S. The van der Waals surface area contributed by atoms with Crippen molar-refractivity contribution < 1.29 is 22.4 Å². The van der Waals surface area contributed by atoms with Gasteiger partial charge in [0.2, 0.25) is 21.8 Å². The molecule has 7 nitrogen and oxygen atoms in total. The number of piperazine rings is 1. The first kappa shape index (κ1) is 18.6. The molecule has 28 heavy (non-hydrogen) atoms. The van der Waals surface area contributed by atoms with Gasteiger partial charge in [0.25, 0.3) is 0 Å². The monoisotopic (exact) mass is 403 g/mol. The molecule has 2 amide bonds. The third-order valence-electron chi connectivity index (χ3n) is 4.92. The van der Waals surface area contributed by atoms with Crippen LogP contribution in [0.2, 0.25) is 0 Å². The van der Waals surface area contributed by atoms with E-state index in [0.29, 0.717) is 17.5 Å². The predicted octanol–water partition coefficient (Wildman–Crippen LogP) is 1.57. The number of halogens is 1. The standard InChI is InChI=1S/C19H18FN3O4S/c20-14-11-15-13(6-7-17(24)22-15)10-16(14)28(26,27)23-9-8-21-19(25)18(23)12-4-2-1-3-5-12/h1-5,10-11,18H,6-9H2,(H,21,25)(H,22,24). The van der Waals surface area contributed by atoms with E-state index in [2.05, 4.69) is 10.6 Å². The molecule has 2 aliphatic rings. The van der Waals surface area contributed by atoms with E-state index in [4.69, 9.17) is 0 Å². The van der Waals surface area contributed by atoms with Crippen molar-refractivity contribution in [2.24, 2.45) is 0 Å². The highest BCUT2D eigenvalue weighted by atomic mass is 32.2. The maximum Gasteiger partial charge on any atom is 0.247 e. The molecule has 1 fully saturated rings. The number of carbonyl (C=O) groups is 2. The average Bonchev–Trinajstić information content (AvgIpc) is 2.67. The Hall–Kier alpha value is -2.78. The number of nitrogens with zero attached hydrogens (tertiary/aromatic N) is 1. The van der Waals surface area contributed by atoms with E-state index < -0.39 is 32.7 Å². The van der Waals surface area contributed by atoms with E-state index in [-0.39, 0.29) is 31.1 Å². The summed E-state index contributed by atoms with van der Waals surface area (Å²) in [7, 11) is -4.29. The van der Waals surface area contributed by atoms with Gasteiger partial charge >= 0.3 is 0 Å². The van der Waals surface area contributed by atoms with Gasteiger partial charge in [0.05, 0.1) is 0 Å². The number of sulfonamides is 1. The van der Waals surface area contributed by atoms with E-state index >= 15 is 0 Å². The number of hydrogen-bond acceptors (Lipinski definition) is 4. The number of amides is 2. The highest BCUT2D eigenvalue weighted by Gasteiger charge is 2.41. The van der Waals surface area contributed by atoms with Gasteiger partial charge in [-0.2, -0.15) is 4.31 Å². The molecule has 1 saturated heterocycles. The Bertz CT molecular complexity index is 1060. The maximum atomic E-state index is 14.7. The summed E-state index contributed by atoms with van der Waals surface area (Å²) in [6, 6.07) is 9.73. The largest absolute Gasteiger partial charge is 0.353 e. The average molecular weight is 403 g/mol. The van der Waals surface area contributed by atoms with Crippen LogP contribution in [0.1, 0.15) is 23.6 Å². The summed E-state index contributed by atoms with van der Waals surface area (Å²) in [5, 5.41) is 5.22. The number of fused-ring (bicyclic) bond motifs is 1. The van der Waals surface area contributed by atoms with Crippen LogP contribution in [0.25, 0.3) is 0 Å². The lowest BCUT2D eigenvalue weighted by Crippen LogP contribution is -2.52. The van der Waals surface area contributed by atoms with Crippen LogP contribution < -0.4 is 10.6 Å². The van der Waals surface area contributed by atoms with Gasteiger partial charge in [-0.25, -0.2) is 12.8 Å². The minimum absolute atomic E-state index is 0.0287. The molecular weight excluding hydrogens is 385 g/mol. The Morgan fingerprint density at radius 3 is 2.57 bits per heavy atom. The number of carbonyl (C=O) groups excluding carboxylic acids is 2. The van der Waals surface area contributed by atoms with Crippen LogP contribution in [0.3, 0.4) is 0 Å². The molecule has 2 aromatic carbocycles. The summed E-state index contributed by atoms with van der Waals surface area (Å²) in [4.78, 5) is 23.5. The predicted molar refractivity (Wildman–Crippen MR) is 99.4 cm³/mol. The zero-order valence-corrected chi connectivity index (χ0v) is 15.6.